The van der Waals surface area contributed by atoms with Gasteiger partial charge >= 0.3 is 0 Å². The van der Waals surface area contributed by atoms with Crippen molar-refractivity contribution in [1.82, 2.24) is 4.98 Å². The number of nitriles is 1. The summed E-state index contributed by atoms with van der Waals surface area (Å²) in [6.07, 6.45) is 1.91. The zero-order valence-electron chi connectivity index (χ0n) is 8.33. The fourth-order valence-corrected chi connectivity index (χ4v) is 1.85. The molecule has 2 nitrogen and oxygen atoms in total. The molecule has 0 atom stereocenters. The van der Waals surface area contributed by atoms with Crippen molar-refractivity contribution < 1.29 is 0 Å². The van der Waals surface area contributed by atoms with E-state index in [0.29, 0.717) is 5.92 Å². The molecule has 0 unspecified atom stereocenters. The van der Waals surface area contributed by atoms with Gasteiger partial charge in [-0.3, -0.25) is 0 Å². The van der Waals surface area contributed by atoms with Gasteiger partial charge in [-0.1, -0.05) is 19.9 Å². The summed E-state index contributed by atoms with van der Waals surface area (Å²) in [7, 11) is 0. The molecule has 70 valence electrons. The third kappa shape index (κ3) is 1.18. The van der Waals surface area contributed by atoms with Crippen LogP contribution >= 0.6 is 0 Å². The standard InChI is InChI=1S/C12H12N2/c1-8(2)11-10(7-13)4-3-9-5-6-14-12(9)11/h3-6,8,14H,1-2H3. The van der Waals surface area contributed by atoms with Gasteiger partial charge in [0.25, 0.3) is 0 Å². The van der Waals surface area contributed by atoms with E-state index in [-0.39, 0.29) is 0 Å². The molecule has 1 aromatic carbocycles. The predicted octanol–water partition coefficient (Wildman–Crippen LogP) is 3.16. The van der Waals surface area contributed by atoms with Crippen molar-refractivity contribution in [2.45, 2.75) is 19.8 Å². The Kier molecular flexibility index (Phi) is 2.01. The lowest BCUT2D eigenvalue weighted by atomic mass is 9.95. The Hall–Kier alpha value is -1.75. The Labute approximate surface area is 83.2 Å². The van der Waals surface area contributed by atoms with Gasteiger partial charge in [-0.15, -0.1) is 0 Å². The topological polar surface area (TPSA) is 39.6 Å². The lowest BCUT2D eigenvalue weighted by molar-refractivity contribution is 0.869. The zero-order valence-corrected chi connectivity index (χ0v) is 8.33. The number of hydrogen-bond acceptors (Lipinski definition) is 1. The van der Waals surface area contributed by atoms with Crippen molar-refractivity contribution in [2.24, 2.45) is 0 Å². The van der Waals surface area contributed by atoms with Gasteiger partial charge in [-0.05, 0) is 29.0 Å². The molecule has 0 amide bonds. The van der Waals surface area contributed by atoms with Crippen molar-refractivity contribution >= 4 is 10.9 Å². The van der Waals surface area contributed by atoms with Crippen molar-refractivity contribution in [3.8, 4) is 6.07 Å². The first-order valence-electron chi connectivity index (χ1n) is 4.74. The Morgan fingerprint density at radius 2 is 2.07 bits per heavy atom. The number of aromatic amines is 1. The minimum absolute atomic E-state index is 0.368. The van der Waals surface area contributed by atoms with Gasteiger partial charge in [0.2, 0.25) is 0 Å². The Bertz CT molecular complexity index is 501. The lowest BCUT2D eigenvalue weighted by Gasteiger charge is -2.09. The van der Waals surface area contributed by atoms with E-state index in [0.717, 1.165) is 16.6 Å². The molecule has 1 N–H and O–H groups in total. The van der Waals surface area contributed by atoms with Crippen molar-refractivity contribution in [1.29, 1.82) is 5.26 Å². The second-order valence-corrected chi connectivity index (χ2v) is 3.74. The number of aromatic nitrogens is 1. The summed E-state index contributed by atoms with van der Waals surface area (Å²) < 4.78 is 0. The third-order valence-electron chi connectivity index (χ3n) is 2.47. The molecular weight excluding hydrogens is 172 g/mol. The first-order chi connectivity index (χ1) is 6.74. The fourth-order valence-electron chi connectivity index (χ4n) is 1.85. The molecule has 0 saturated carbocycles. The van der Waals surface area contributed by atoms with E-state index in [1.807, 2.05) is 24.4 Å². The molecule has 0 saturated heterocycles. The number of fused-ring (bicyclic) bond motifs is 1. The highest BCUT2D eigenvalue weighted by Crippen LogP contribution is 2.27. The quantitative estimate of drug-likeness (QED) is 0.726. The largest absolute Gasteiger partial charge is 0.361 e. The minimum atomic E-state index is 0.368. The summed E-state index contributed by atoms with van der Waals surface area (Å²) in [5, 5.41) is 10.2. The summed E-state index contributed by atoms with van der Waals surface area (Å²) in [6.45, 7) is 4.22. The minimum Gasteiger partial charge on any atom is -0.361 e. The summed E-state index contributed by atoms with van der Waals surface area (Å²) >= 11 is 0. The number of H-pyrrole nitrogens is 1. The van der Waals surface area contributed by atoms with Crippen molar-refractivity contribution in [3.05, 3.63) is 35.5 Å². The van der Waals surface area contributed by atoms with Crippen LogP contribution in [0.3, 0.4) is 0 Å². The highest BCUT2D eigenvalue weighted by atomic mass is 14.7. The second-order valence-electron chi connectivity index (χ2n) is 3.74. The number of rotatable bonds is 1. The number of hydrogen-bond donors (Lipinski definition) is 1. The van der Waals surface area contributed by atoms with Crippen LogP contribution in [-0.4, -0.2) is 4.98 Å². The maximum atomic E-state index is 9.00. The first-order valence-corrected chi connectivity index (χ1v) is 4.74. The average molecular weight is 184 g/mol. The smallest absolute Gasteiger partial charge is 0.0995 e. The van der Waals surface area contributed by atoms with E-state index in [1.165, 1.54) is 5.39 Å². The molecule has 0 aliphatic heterocycles. The molecule has 0 fully saturated rings. The summed E-state index contributed by atoms with van der Waals surface area (Å²) in [4.78, 5) is 3.19. The van der Waals surface area contributed by atoms with Gasteiger partial charge in [0.1, 0.15) is 0 Å². The van der Waals surface area contributed by atoms with Gasteiger partial charge in [-0.25, -0.2) is 0 Å². The summed E-state index contributed by atoms with van der Waals surface area (Å²) in [5.41, 5.74) is 2.99. The van der Waals surface area contributed by atoms with Crippen LogP contribution in [0.15, 0.2) is 24.4 Å². The van der Waals surface area contributed by atoms with Gasteiger partial charge in [0.05, 0.1) is 17.1 Å². The molecule has 0 radical (unpaired) electrons. The molecule has 0 bridgehead atoms. The second kappa shape index (κ2) is 3.19. The van der Waals surface area contributed by atoms with Gasteiger partial charge in [0, 0.05) is 6.20 Å². The Morgan fingerprint density at radius 3 is 2.71 bits per heavy atom. The molecule has 0 spiro atoms. The fraction of sp³-hybridized carbons (Fsp3) is 0.250. The van der Waals surface area contributed by atoms with Crippen LogP contribution in [0.4, 0.5) is 0 Å². The number of nitrogens with zero attached hydrogens (tertiary/aromatic N) is 1. The molecule has 1 heterocycles. The normalized spacial score (nSPS) is 10.7. The van der Waals surface area contributed by atoms with Crippen LogP contribution in [0, 0.1) is 11.3 Å². The molecule has 2 aromatic rings. The predicted molar refractivity (Wildman–Crippen MR) is 57.1 cm³/mol. The number of nitrogens with one attached hydrogen (secondary N) is 1. The molecular formula is C12H12N2. The van der Waals surface area contributed by atoms with E-state index in [1.54, 1.807) is 0 Å². The molecule has 14 heavy (non-hydrogen) atoms. The summed E-state index contributed by atoms with van der Waals surface area (Å²) in [6, 6.07) is 8.15. The van der Waals surface area contributed by atoms with E-state index < -0.39 is 0 Å². The monoisotopic (exact) mass is 184 g/mol. The zero-order chi connectivity index (χ0) is 10.1. The van der Waals surface area contributed by atoms with Crippen LogP contribution in [0.1, 0.15) is 30.9 Å². The van der Waals surface area contributed by atoms with Gasteiger partial charge in [0.15, 0.2) is 0 Å². The SMILES string of the molecule is CC(C)c1c(C#N)ccc2cc[nH]c12. The Balaban J connectivity index is 2.84. The first kappa shape index (κ1) is 8.83. The van der Waals surface area contributed by atoms with Crippen molar-refractivity contribution in [2.75, 3.05) is 0 Å². The maximum Gasteiger partial charge on any atom is 0.0995 e. The summed E-state index contributed by atoms with van der Waals surface area (Å²) in [5.74, 6) is 0.368. The molecule has 2 rings (SSSR count). The Morgan fingerprint density at radius 1 is 1.29 bits per heavy atom. The highest BCUT2D eigenvalue weighted by molar-refractivity contribution is 5.85. The molecule has 0 aliphatic rings. The highest BCUT2D eigenvalue weighted by Gasteiger charge is 2.11. The van der Waals surface area contributed by atoms with E-state index in [9.17, 15) is 0 Å². The maximum absolute atomic E-state index is 9.00. The van der Waals surface area contributed by atoms with Crippen LogP contribution in [0.2, 0.25) is 0 Å². The third-order valence-corrected chi connectivity index (χ3v) is 2.47. The average Bonchev–Trinajstić information content (AvgIpc) is 2.62. The van der Waals surface area contributed by atoms with E-state index in [2.05, 4.69) is 24.9 Å². The molecule has 2 heteroatoms. The lowest BCUT2D eigenvalue weighted by Crippen LogP contribution is -1.94. The van der Waals surface area contributed by atoms with Crippen LogP contribution < -0.4 is 0 Å². The van der Waals surface area contributed by atoms with Crippen molar-refractivity contribution in [3.63, 3.8) is 0 Å². The van der Waals surface area contributed by atoms with E-state index in [4.69, 9.17) is 5.26 Å². The van der Waals surface area contributed by atoms with E-state index >= 15 is 0 Å². The molecule has 0 aliphatic carbocycles. The number of benzene rings is 1. The molecule has 1 aromatic heterocycles. The van der Waals surface area contributed by atoms with Crippen LogP contribution in [0.5, 0.6) is 0 Å². The van der Waals surface area contributed by atoms with Crippen LogP contribution in [-0.2, 0) is 0 Å². The van der Waals surface area contributed by atoms with Gasteiger partial charge < -0.3 is 4.98 Å². The van der Waals surface area contributed by atoms with Gasteiger partial charge in [-0.2, -0.15) is 5.26 Å². The van der Waals surface area contributed by atoms with Crippen LogP contribution in [0.25, 0.3) is 10.9 Å².